The van der Waals surface area contributed by atoms with Crippen molar-refractivity contribution in [3.8, 4) is 23.0 Å². The molecule has 0 saturated heterocycles. The number of phenolic OH excluding ortho intramolecular Hbond substituents is 2. The highest BCUT2D eigenvalue weighted by Crippen LogP contribution is 2.28. The summed E-state index contributed by atoms with van der Waals surface area (Å²) < 4.78 is 10.9. The molecule has 4 nitrogen and oxygen atoms in total. The largest absolute Gasteiger partial charge is 0.508 e. The maximum Gasteiger partial charge on any atom is 0.130 e. The Kier molecular flexibility index (Phi) is 5.92. The van der Waals surface area contributed by atoms with Crippen molar-refractivity contribution in [3.63, 3.8) is 0 Å². The van der Waals surface area contributed by atoms with Gasteiger partial charge in [0.25, 0.3) is 0 Å². The number of aromatic hydroxyl groups is 2. The summed E-state index contributed by atoms with van der Waals surface area (Å²) in [6, 6.07) is 10.5. The summed E-state index contributed by atoms with van der Waals surface area (Å²) in [4.78, 5) is 0. The number of allylic oxidation sites excluding steroid dienone is 1. The van der Waals surface area contributed by atoms with Gasteiger partial charge >= 0.3 is 0 Å². The van der Waals surface area contributed by atoms with Crippen molar-refractivity contribution in [2.45, 2.75) is 26.2 Å². The van der Waals surface area contributed by atoms with Crippen LogP contribution < -0.4 is 9.47 Å². The van der Waals surface area contributed by atoms with Gasteiger partial charge in [0.1, 0.15) is 23.0 Å². The van der Waals surface area contributed by atoms with Gasteiger partial charge in [0.2, 0.25) is 0 Å². The topological polar surface area (TPSA) is 58.9 Å². The molecule has 0 aliphatic rings. The van der Waals surface area contributed by atoms with Gasteiger partial charge in [-0.3, -0.25) is 0 Å². The lowest BCUT2D eigenvalue weighted by molar-refractivity contribution is 0.403. The smallest absolute Gasteiger partial charge is 0.130 e. The molecule has 0 unspecified atom stereocenters. The van der Waals surface area contributed by atoms with Gasteiger partial charge in [-0.1, -0.05) is 18.2 Å². The third-order valence-electron chi connectivity index (χ3n) is 3.56. The number of methoxy groups -OCH3 is 1. The molecule has 4 heteroatoms. The Morgan fingerprint density at radius 1 is 1.00 bits per heavy atom. The number of hydrogen-bond acceptors (Lipinski definition) is 4. The predicted octanol–water partition coefficient (Wildman–Crippen LogP) is 4.19. The Morgan fingerprint density at radius 3 is 2.43 bits per heavy atom. The molecule has 0 atom stereocenters. The van der Waals surface area contributed by atoms with Crippen molar-refractivity contribution in [1.82, 2.24) is 0 Å². The molecule has 122 valence electrons. The number of phenols is 2. The Bertz CT molecular complexity index is 677. The van der Waals surface area contributed by atoms with Gasteiger partial charge in [0, 0.05) is 12.1 Å². The first-order valence-corrected chi connectivity index (χ1v) is 7.59. The summed E-state index contributed by atoms with van der Waals surface area (Å²) in [5, 5.41) is 19.1. The molecular formula is C19H22O4. The second-order valence-corrected chi connectivity index (χ2v) is 5.23. The Hall–Kier alpha value is -2.62. The van der Waals surface area contributed by atoms with E-state index >= 15 is 0 Å². The highest BCUT2D eigenvalue weighted by atomic mass is 16.5. The molecule has 23 heavy (non-hydrogen) atoms. The lowest BCUT2D eigenvalue weighted by Crippen LogP contribution is -1.95. The van der Waals surface area contributed by atoms with E-state index in [1.165, 1.54) is 6.07 Å². The summed E-state index contributed by atoms with van der Waals surface area (Å²) in [6.45, 7) is 1.89. The molecule has 2 N–H and O–H groups in total. The first kappa shape index (κ1) is 16.7. The molecule has 0 radical (unpaired) electrons. The van der Waals surface area contributed by atoms with Gasteiger partial charge in [-0.25, -0.2) is 0 Å². The Balaban J connectivity index is 1.99. The molecular weight excluding hydrogens is 292 g/mol. The molecule has 0 fully saturated rings. The van der Waals surface area contributed by atoms with Crippen molar-refractivity contribution in [2.24, 2.45) is 0 Å². The van der Waals surface area contributed by atoms with E-state index in [2.05, 4.69) is 0 Å². The van der Waals surface area contributed by atoms with Crippen LogP contribution >= 0.6 is 0 Å². The molecule has 0 amide bonds. The summed E-state index contributed by atoms with van der Waals surface area (Å²) in [7, 11) is 1.64. The molecule has 0 spiro atoms. The average molecular weight is 314 g/mol. The van der Waals surface area contributed by atoms with E-state index in [1.54, 1.807) is 25.5 Å². The van der Waals surface area contributed by atoms with Gasteiger partial charge < -0.3 is 19.7 Å². The third-order valence-corrected chi connectivity index (χ3v) is 3.56. The predicted molar refractivity (Wildman–Crippen MR) is 90.2 cm³/mol. The van der Waals surface area contributed by atoms with Gasteiger partial charge in [-0.05, 0) is 49.4 Å². The lowest BCUT2D eigenvalue weighted by atomic mass is 10.0. The fourth-order valence-electron chi connectivity index (χ4n) is 2.38. The molecule has 2 rings (SSSR count). The van der Waals surface area contributed by atoms with Crippen molar-refractivity contribution in [2.75, 3.05) is 7.11 Å². The second-order valence-electron chi connectivity index (χ2n) is 5.23. The molecule has 2 aromatic carbocycles. The molecule has 0 aliphatic heterocycles. The summed E-state index contributed by atoms with van der Waals surface area (Å²) in [5.74, 6) is 1.73. The normalized spacial score (nSPS) is 10.9. The molecule has 0 aromatic heterocycles. The zero-order chi connectivity index (χ0) is 16.7. The van der Waals surface area contributed by atoms with Crippen LogP contribution in [0.3, 0.4) is 0 Å². The lowest BCUT2D eigenvalue weighted by Gasteiger charge is -2.11. The van der Waals surface area contributed by atoms with Crippen LogP contribution in [0.4, 0.5) is 0 Å². The number of hydrogen-bond donors (Lipinski definition) is 2. The minimum absolute atomic E-state index is 0.0737. The van der Waals surface area contributed by atoms with E-state index < -0.39 is 0 Å². The third kappa shape index (κ3) is 4.68. The highest BCUT2D eigenvalue weighted by molar-refractivity contribution is 5.42. The molecule has 0 bridgehead atoms. The summed E-state index contributed by atoms with van der Waals surface area (Å²) in [6.07, 6.45) is 5.87. The average Bonchev–Trinajstić information content (AvgIpc) is 2.55. The van der Waals surface area contributed by atoms with Crippen molar-refractivity contribution in [3.05, 3.63) is 59.9 Å². The summed E-state index contributed by atoms with van der Waals surface area (Å²) in [5.41, 5.74) is 1.92. The maximum absolute atomic E-state index is 9.80. The Labute approximate surface area is 136 Å². The zero-order valence-electron chi connectivity index (χ0n) is 13.5. The SMILES string of the molecule is CC=COc1ccc(CCCc2ccc(O)cc2O)c(OC)c1. The van der Waals surface area contributed by atoms with Crippen LogP contribution in [-0.4, -0.2) is 17.3 Å². The van der Waals surface area contributed by atoms with Crippen molar-refractivity contribution < 1.29 is 19.7 Å². The van der Waals surface area contributed by atoms with Crippen LogP contribution in [0.1, 0.15) is 24.5 Å². The Morgan fingerprint density at radius 2 is 1.74 bits per heavy atom. The number of ether oxygens (including phenoxy) is 2. The minimum atomic E-state index is 0.0737. The van der Waals surface area contributed by atoms with E-state index in [4.69, 9.17) is 9.47 Å². The zero-order valence-corrected chi connectivity index (χ0v) is 13.5. The van der Waals surface area contributed by atoms with E-state index in [0.29, 0.717) is 0 Å². The molecule has 0 saturated carbocycles. The van der Waals surface area contributed by atoms with Crippen molar-refractivity contribution >= 4 is 0 Å². The van der Waals surface area contributed by atoms with E-state index in [1.807, 2.05) is 31.2 Å². The van der Waals surface area contributed by atoms with E-state index in [0.717, 1.165) is 41.9 Å². The number of rotatable bonds is 7. The van der Waals surface area contributed by atoms with Crippen LogP contribution in [0.5, 0.6) is 23.0 Å². The minimum Gasteiger partial charge on any atom is -0.508 e. The van der Waals surface area contributed by atoms with Crippen LogP contribution in [-0.2, 0) is 12.8 Å². The first-order valence-electron chi connectivity index (χ1n) is 7.59. The van der Waals surface area contributed by atoms with Gasteiger partial charge in [-0.15, -0.1) is 0 Å². The van der Waals surface area contributed by atoms with Crippen LogP contribution in [0.15, 0.2) is 48.7 Å². The maximum atomic E-state index is 9.80. The standard InChI is InChI=1S/C19H22O4/c1-3-11-23-17-10-8-15(19(13-17)22-2)6-4-5-14-7-9-16(20)12-18(14)21/h3,7-13,20-21H,4-6H2,1-2H3. The van der Waals surface area contributed by atoms with Crippen LogP contribution in [0.2, 0.25) is 0 Å². The number of aryl methyl sites for hydroxylation is 2. The van der Waals surface area contributed by atoms with Crippen LogP contribution in [0.25, 0.3) is 0 Å². The summed E-state index contributed by atoms with van der Waals surface area (Å²) >= 11 is 0. The van der Waals surface area contributed by atoms with Gasteiger partial charge in [-0.2, -0.15) is 0 Å². The van der Waals surface area contributed by atoms with Gasteiger partial charge in [0.15, 0.2) is 0 Å². The highest BCUT2D eigenvalue weighted by Gasteiger charge is 2.07. The fourth-order valence-corrected chi connectivity index (χ4v) is 2.38. The second kappa shape index (κ2) is 8.13. The quantitative estimate of drug-likeness (QED) is 0.752. The van der Waals surface area contributed by atoms with Crippen LogP contribution in [0, 0.1) is 0 Å². The number of benzene rings is 2. The molecule has 0 aliphatic carbocycles. The van der Waals surface area contributed by atoms with E-state index in [9.17, 15) is 10.2 Å². The fraction of sp³-hybridized carbons (Fsp3) is 0.263. The first-order chi connectivity index (χ1) is 11.1. The monoisotopic (exact) mass is 314 g/mol. The molecule has 0 heterocycles. The van der Waals surface area contributed by atoms with Crippen molar-refractivity contribution in [1.29, 1.82) is 0 Å². The molecule has 2 aromatic rings. The van der Waals surface area contributed by atoms with E-state index in [-0.39, 0.29) is 11.5 Å². The van der Waals surface area contributed by atoms with Gasteiger partial charge in [0.05, 0.1) is 13.4 Å².